The minimum absolute atomic E-state index is 0.0167. The fourth-order valence-electron chi connectivity index (χ4n) is 3.00. The molecule has 0 radical (unpaired) electrons. The molecule has 1 unspecified atom stereocenters. The number of nitrogens with zero attached hydrogens (tertiary/aromatic N) is 1. The van der Waals surface area contributed by atoms with Crippen LogP contribution in [0, 0.1) is 0 Å². The number of anilines is 2. The van der Waals surface area contributed by atoms with Gasteiger partial charge in [0.05, 0.1) is 0 Å². The summed E-state index contributed by atoms with van der Waals surface area (Å²) < 4.78 is 0. The summed E-state index contributed by atoms with van der Waals surface area (Å²) in [4.78, 5) is 38.5. The molecule has 3 N–H and O–H groups in total. The Hall–Kier alpha value is -3.35. The first-order chi connectivity index (χ1) is 13.5. The molecule has 4 amide bonds. The van der Waals surface area contributed by atoms with Crippen molar-refractivity contribution < 1.29 is 14.4 Å². The first kappa shape index (κ1) is 19.4. The summed E-state index contributed by atoms with van der Waals surface area (Å²) in [7, 11) is 0. The molecule has 1 aliphatic rings. The molecule has 1 aliphatic heterocycles. The highest BCUT2D eigenvalue weighted by Gasteiger charge is 2.20. The van der Waals surface area contributed by atoms with Gasteiger partial charge in [-0.3, -0.25) is 9.59 Å². The number of likely N-dealkylation sites (tertiary alicyclic amines) is 1. The van der Waals surface area contributed by atoms with Gasteiger partial charge in [0.15, 0.2) is 0 Å². The van der Waals surface area contributed by atoms with Gasteiger partial charge in [-0.05, 0) is 56.2 Å². The number of carbonyl (C=O) groups is 3. The molecule has 28 heavy (non-hydrogen) atoms. The maximum atomic E-state index is 12.3. The Bertz CT molecular complexity index is 830. The molecule has 1 heterocycles. The molecule has 3 rings (SSSR count). The smallest absolute Gasteiger partial charge is 0.319 e. The molecule has 0 saturated carbocycles. The lowest BCUT2D eigenvalue weighted by molar-refractivity contribution is -0.117. The van der Waals surface area contributed by atoms with Crippen LogP contribution < -0.4 is 16.0 Å². The van der Waals surface area contributed by atoms with Crippen molar-refractivity contribution in [2.24, 2.45) is 0 Å². The zero-order valence-electron chi connectivity index (χ0n) is 15.8. The first-order valence-corrected chi connectivity index (χ1v) is 9.36. The molecule has 1 fully saturated rings. The number of hydrogen-bond donors (Lipinski definition) is 3. The summed E-state index contributed by atoms with van der Waals surface area (Å²) in [5, 5.41) is 8.00. The molecule has 2 aromatic rings. The number of rotatable bonds is 5. The topological polar surface area (TPSA) is 90.5 Å². The van der Waals surface area contributed by atoms with E-state index in [1.54, 1.807) is 43.3 Å². The zero-order valence-corrected chi connectivity index (χ0v) is 15.8. The third-order valence-corrected chi connectivity index (χ3v) is 4.57. The minimum Gasteiger partial charge on any atom is -0.339 e. The van der Waals surface area contributed by atoms with E-state index in [0.717, 1.165) is 25.9 Å². The minimum atomic E-state index is -0.727. The van der Waals surface area contributed by atoms with Gasteiger partial charge in [0.1, 0.15) is 6.04 Å². The maximum Gasteiger partial charge on any atom is 0.319 e. The Morgan fingerprint density at radius 3 is 2.11 bits per heavy atom. The van der Waals surface area contributed by atoms with Crippen LogP contribution >= 0.6 is 0 Å². The number of carbonyl (C=O) groups excluding carboxylic acids is 3. The predicted molar refractivity (Wildman–Crippen MR) is 108 cm³/mol. The monoisotopic (exact) mass is 380 g/mol. The number of amides is 4. The van der Waals surface area contributed by atoms with Crippen LogP contribution in [0.4, 0.5) is 16.2 Å². The molecule has 2 aromatic carbocycles. The average Bonchev–Trinajstić information content (AvgIpc) is 3.23. The fourth-order valence-corrected chi connectivity index (χ4v) is 3.00. The van der Waals surface area contributed by atoms with Gasteiger partial charge in [0, 0.05) is 30.0 Å². The third-order valence-electron chi connectivity index (χ3n) is 4.57. The second-order valence-corrected chi connectivity index (χ2v) is 6.75. The van der Waals surface area contributed by atoms with E-state index in [1.807, 2.05) is 23.1 Å². The van der Waals surface area contributed by atoms with E-state index in [1.165, 1.54) is 0 Å². The summed E-state index contributed by atoms with van der Waals surface area (Å²) in [6, 6.07) is 14.6. The van der Waals surface area contributed by atoms with Crippen LogP contribution in [0.2, 0.25) is 0 Å². The van der Waals surface area contributed by atoms with E-state index in [-0.39, 0.29) is 11.8 Å². The fraction of sp³-hybridized carbons (Fsp3) is 0.286. The average molecular weight is 380 g/mol. The number of nitrogens with one attached hydrogen (secondary N) is 3. The van der Waals surface area contributed by atoms with Gasteiger partial charge < -0.3 is 20.9 Å². The van der Waals surface area contributed by atoms with Crippen molar-refractivity contribution in [3.05, 3.63) is 60.2 Å². The second kappa shape index (κ2) is 9.03. The highest BCUT2D eigenvalue weighted by molar-refractivity contribution is 5.99. The lowest BCUT2D eigenvalue weighted by Crippen LogP contribution is -2.43. The molecule has 0 aliphatic carbocycles. The molecule has 0 aromatic heterocycles. The van der Waals surface area contributed by atoms with Crippen LogP contribution in [0.25, 0.3) is 0 Å². The van der Waals surface area contributed by atoms with Crippen LogP contribution in [0.5, 0.6) is 0 Å². The molecule has 1 atom stereocenters. The summed E-state index contributed by atoms with van der Waals surface area (Å²) in [6.07, 6.45) is 2.09. The van der Waals surface area contributed by atoms with Crippen LogP contribution in [-0.2, 0) is 4.79 Å². The Morgan fingerprint density at radius 2 is 1.46 bits per heavy atom. The van der Waals surface area contributed by atoms with E-state index in [4.69, 9.17) is 0 Å². The van der Waals surface area contributed by atoms with Gasteiger partial charge in [0.2, 0.25) is 5.91 Å². The van der Waals surface area contributed by atoms with E-state index in [2.05, 4.69) is 16.0 Å². The summed E-state index contributed by atoms with van der Waals surface area (Å²) in [6.45, 7) is 3.20. The lowest BCUT2D eigenvalue weighted by atomic mass is 10.1. The quantitative estimate of drug-likeness (QED) is 0.745. The molecule has 1 saturated heterocycles. The molecule has 0 bridgehead atoms. The Labute approximate surface area is 164 Å². The van der Waals surface area contributed by atoms with Gasteiger partial charge >= 0.3 is 6.03 Å². The normalized spacial score (nSPS) is 14.2. The Kier molecular flexibility index (Phi) is 6.26. The number of para-hydroxylation sites is 1. The molecule has 0 spiro atoms. The predicted octanol–water partition coefficient (Wildman–Crippen LogP) is 3.07. The van der Waals surface area contributed by atoms with Gasteiger partial charge in [-0.15, -0.1) is 0 Å². The van der Waals surface area contributed by atoms with Gasteiger partial charge in [-0.2, -0.15) is 0 Å². The van der Waals surface area contributed by atoms with Crippen molar-refractivity contribution >= 4 is 29.2 Å². The Balaban J connectivity index is 1.50. The number of benzene rings is 2. The van der Waals surface area contributed by atoms with Gasteiger partial charge in [-0.25, -0.2) is 4.79 Å². The van der Waals surface area contributed by atoms with Crippen LogP contribution in [-0.4, -0.2) is 41.9 Å². The Morgan fingerprint density at radius 1 is 0.857 bits per heavy atom. The van der Waals surface area contributed by atoms with Crippen molar-refractivity contribution in [3.8, 4) is 0 Å². The van der Waals surface area contributed by atoms with Gasteiger partial charge in [0.25, 0.3) is 5.91 Å². The van der Waals surface area contributed by atoms with E-state index >= 15 is 0 Å². The standard InChI is InChI=1S/C21H24N4O3/c1-15(22-21(28)24-17-7-3-2-4-8-17)19(26)23-18-11-9-16(10-12-18)20(27)25-13-5-6-14-25/h2-4,7-12,15H,5-6,13-14H2,1H3,(H,23,26)(H2,22,24,28). The summed E-state index contributed by atoms with van der Waals surface area (Å²) in [5.41, 5.74) is 1.82. The lowest BCUT2D eigenvalue weighted by Gasteiger charge is -2.16. The highest BCUT2D eigenvalue weighted by Crippen LogP contribution is 2.15. The summed E-state index contributed by atoms with van der Waals surface area (Å²) >= 11 is 0. The van der Waals surface area contributed by atoms with Crippen molar-refractivity contribution in [2.45, 2.75) is 25.8 Å². The third kappa shape index (κ3) is 5.09. The summed E-state index contributed by atoms with van der Waals surface area (Å²) in [5.74, 6) is -0.329. The second-order valence-electron chi connectivity index (χ2n) is 6.75. The van der Waals surface area contributed by atoms with Crippen molar-refractivity contribution in [1.82, 2.24) is 10.2 Å². The molecule has 146 valence electrons. The van der Waals surface area contributed by atoms with Crippen molar-refractivity contribution in [2.75, 3.05) is 23.7 Å². The van der Waals surface area contributed by atoms with Gasteiger partial charge in [-0.1, -0.05) is 18.2 Å². The number of urea groups is 1. The van der Waals surface area contributed by atoms with E-state index in [0.29, 0.717) is 16.9 Å². The number of hydrogen-bond acceptors (Lipinski definition) is 3. The molecule has 7 nitrogen and oxygen atoms in total. The van der Waals surface area contributed by atoms with E-state index in [9.17, 15) is 14.4 Å². The molecular formula is C21H24N4O3. The molecule has 7 heteroatoms. The van der Waals surface area contributed by atoms with Crippen molar-refractivity contribution in [3.63, 3.8) is 0 Å². The highest BCUT2D eigenvalue weighted by atomic mass is 16.2. The maximum absolute atomic E-state index is 12.3. The zero-order chi connectivity index (χ0) is 19.9. The SMILES string of the molecule is CC(NC(=O)Nc1ccccc1)C(=O)Nc1ccc(C(=O)N2CCCC2)cc1. The van der Waals surface area contributed by atoms with E-state index < -0.39 is 12.1 Å². The van der Waals surface area contributed by atoms with Crippen molar-refractivity contribution in [1.29, 1.82) is 0 Å². The molecular weight excluding hydrogens is 356 g/mol. The first-order valence-electron chi connectivity index (χ1n) is 9.36. The van der Waals surface area contributed by atoms with Crippen LogP contribution in [0.15, 0.2) is 54.6 Å². The van der Waals surface area contributed by atoms with Crippen LogP contribution in [0.3, 0.4) is 0 Å². The largest absolute Gasteiger partial charge is 0.339 e. The van der Waals surface area contributed by atoms with Crippen LogP contribution in [0.1, 0.15) is 30.1 Å².